The molecule has 0 aliphatic carbocycles. The van der Waals surface area contributed by atoms with E-state index in [4.69, 9.17) is 9.47 Å². The van der Waals surface area contributed by atoms with Crippen molar-refractivity contribution < 1.29 is 28.2 Å². The molecule has 4 amide bonds. The monoisotopic (exact) mass is 571 g/mol. The van der Waals surface area contributed by atoms with Gasteiger partial charge >= 0.3 is 6.03 Å². The highest BCUT2D eigenvalue weighted by Crippen LogP contribution is 2.37. The summed E-state index contributed by atoms with van der Waals surface area (Å²) in [6.45, 7) is 2.01. The van der Waals surface area contributed by atoms with Gasteiger partial charge in [0.25, 0.3) is 0 Å². The van der Waals surface area contributed by atoms with Gasteiger partial charge in [0.2, 0.25) is 11.8 Å². The average molecular weight is 572 g/mol. The molecule has 1 N–H and O–H groups in total. The van der Waals surface area contributed by atoms with Crippen LogP contribution < -0.4 is 24.6 Å². The second kappa shape index (κ2) is 11.7. The van der Waals surface area contributed by atoms with Crippen molar-refractivity contribution >= 4 is 51.5 Å². The van der Waals surface area contributed by atoms with Crippen LogP contribution in [0.25, 0.3) is 10.9 Å². The van der Waals surface area contributed by atoms with Gasteiger partial charge in [0.1, 0.15) is 11.7 Å². The lowest BCUT2D eigenvalue weighted by Crippen LogP contribution is -2.59. The number of urea groups is 1. The second-order valence-corrected chi connectivity index (χ2v) is 9.67. The Morgan fingerprint density at radius 3 is 2.33 bits per heavy atom. The Balaban J connectivity index is 1.35. The van der Waals surface area contributed by atoms with E-state index in [1.807, 2.05) is 42.3 Å². The molecule has 4 aromatic rings. The van der Waals surface area contributed by atoms with Crippen molar-refractivity contribution in [3.8, 4) is 11.5 Å². The number of ether oxygens (including phenoxy) is 2. The van der Waals surface area contributed by atoms with Gasteiger partial charge < -0.3 is 24.6 Å². The number of pyridine rings is 1. The number of benzene rings is 3. The summed E-state index contributed by atoms with van der Waals surface area (Å²) in [5.41, 5.74) is 3.16. The number of methoxy groups -OCH3 is 2. The van der Waals surface area contributed by atoms with Gasteiger partial charge in [0.15, 0.2) is 11.5 Å². The van der Waals surface area contributed by atoms with E-state index in [0.29, 0.717) is 23.7 Å². The number of nitrogens with one attached hydrogen (secondary N) is 1. The van der Waals surface area contributed by atoms with Crippen molar-refractivity contribution in [1.29, 1.82) is 0 Å². The Kier molecular flexibility index (Phi) is 7.92. The number of imide groups is 1. The van der Waals surface area contributed by atoms with Crippen LogP contribution in [0.5, 0.6) is 11.5 Å². The van der Waals surface area contributed by atoms with Crippen LogP contribution in [0, 0.1) is 11.7 Å². The van der Waals surface area contributed by atoms with E-state index in [2.05, 4.69) is 10.3 Å². The zero-order chi connectivity index (χ0) is 30.0. The molecule has 10 nitrogen and oxygen atoms in total. The lowest BCUT2D eigenvalue weighted by Gasteiger charge is -2.37. The molecule has 42 heavy (non-hydrogen) atoms. The maximum absolute atomic E-state index is 13.5. The predicted octanol–water partition coefficient (Wildman–Crippen LogP) is 5.20. The van der Waals surface area contributed by atoms with E-state index in [9.17, 15) is 18.8 Å². The van der Waals surface area contributed by atoms with E-state index in [-0.39, 0.29) is 12.2 Å². The Morgan fingerprint density at radius 1 is 1.02 bits per heavy atom. The maximum atomic E-state index is 13.5. The van der Waals surface area contributed by atoms with Crippen LogP contribution >= 0.6 is 0 Å². The fourth-order valence-corrected chi connectivity index (χ4v) is 4.94. The first kappa shape index (κ1) is 28.3. The van der Waals surface area contributed by atoms with Crippen molar-refractivity contribution in [1.82, 2.24) is 9.88 Å². The summed E-state index contributed by atoms with van der Waals surface area (Å²) in [6, 6.07) is 17.2. The number of hydrogen-bond donors (Lipinski definition) is 1. The molecule has 1 saturated heterocycles. The summed E-state index contributed by atoms with van der Waals surface area (Å²) in [4.78, 5) is 48.3. The Hall–Kier alpha value is -5.19. The Morgan fingerprint density at radius 2 is 1.69 bits per heavy atom. The zero-order valence-corrected chi connectivity index (χ0v) is 23.6. The van der Waals surface area contributed by atoms with Crippen LogP contribution in [0.1, 0.15) is 6.92 Å². The molecule has 0 bridgehead atoms. The smallest absolute Gasteiger partial charge is 0.331 e. The normalized spacial score (nSPS) is 15.1. The summed E-state index contributed by atoms with van der Waals surface area (Å²) in [6.07, 6.45) is 1.72. The molecular formula is C31H30FN5O5. The van der Waals surface area contributed by atoms with Crippen LogP contribution in [0.2, 0.25) is 0 Å². The number of nitrogens with zero attached hydrogens (tertiary/aromatic N) is 4. The Labute approximate surface area is 242 Å². The molecule has 216 valence electrons. The molecule has 0 spiro atoms. The molecule has 2 heterocycles. The minimum absolute atomic E-state index is 0.0537. The lowest BCUT2D eigenvalue weighted by atomic mass is 10.0. The number of anilines is 4. The van der Waals surface area contributed by atoms with Gasteiger partial charge in [0.05, 0.1) is 31.1 Å². The van der Waals surface area contributed by atoms with E-state index in [0.717, 1.165) is 39.3 Å². The summed E-state index contributed by atoms with van der Waals surface area (Å²) >= 11 is 0. The molecule has 0 radical (unpaired) electrons. The average Bonchev–Trinajstić information content (AvgIpc) is 3.01. The predicted molar refractivity (Wildman–Crippen MR) is 158 cm³/mol. The number of carbonyl (C=O) groups is 3. The third-order valence-electron chi connectivity index (χ3n) is 7.27. The molecule has 0 saturated carbocycles. The highest BCUT2D eigenvalue weighted by molar-refractivity contribution is 6.23. The number of fused-ring (bicyclic) bond motifs is 1. The van der Waals surface area contributed by atoms with Crippen LogP contribution in [-0.4, -0.2) is 62.1 Å². The van der Waals surface area contributed by atoms with Crippen molar-refractivity contribution in [2.45, 2.75) is 6.92 Å². The van der Waals surface area contributed by atoms with Gasteiger partial charge in [-0.3, -0.25) is 14.6 Å². The first-order valence-electron chi connectivity index (χ1n) is 13.3. The molecule has 11 heteroatoms. The van der Waals surface area contributed by atoms with Crippen molar-refractivity contribution in [2.75, 3.05) is 49.5 Å². The van der Waals surface area contributed by atoms with Crippen molar-refractivity contribution in [2.24, 2.45) is 5.92 Å². The third kappa shape index (κ3) is 5.28. The van der Waals surface area contributed by atoms with Gasteiger partial charge in [-0.05, 0) is 67.6 Å². The summed E-state index contributed by atoms with van der Waals surface area (Å²) in [7, 11) is 5.07. The van der Waals surface area contributed by atoms with Gasteiger partial charge in [-0.25, -0.2) is 14.1 Å². The number of hydrogen-bond acceptors (Lipinski definition) is 7. The van der Waals surface area contributed by atoms with E-state index in [1.165, 1.54) is 17.0 Å². The first-order chi connectivity index (χ1) is 20.2. The van der Waals surface area contributed by atoms with Crippen LogP contribution in [0.15, 0.2) is 72.9 Å². The van der Waals surface area contributed by atoms with Gasteiger partial charge in [-0.2, -0.15) is 0 Å². The highest BCUT2D eigenvalue weighted by atomic mass is 19.1. The van der Waals surface area contributed by atoms with Gasteiger partial charge in [0, 0.05) is 49.2 Å². The molecule has 1 fully saturated rings. The molecule has 3 aromatic carbocycles. The standard InChI is InChI=1S/C31H30FN5O5/c1-5-36-18-24(30(39)37(31(36)40)22-10-6-19(32)7-11-22)29(38)34-20-8-12-21(13-9-20)35(2)26-14-15-33-25-17-28(42-4)27(41-3)16-23(25)26/h6-17,24H,5,18H2,1-4H3,(H,34,38). The van der Waals surface area contributed by atoms with Crippen molar-refractivity contribution in [3.05, 3.63) is 78.7 Å². The SMILES string of the molecule is CCN1CC(C(=O)Nc2ccc(N(C)c3ccnc4cc(OC)c(OC)cc34)cc2)C(=O)N(c2ccc(F)cc2)C1=O. The minimum Gasteiger partial charge on any atom is -0.493 e. The molecule has 1 aliphatic heterocycles. The molecule has 5 rings (SSSR count). The number of aromatic nitrogens is 1. The largest absolute Gasteiger partial charge is 0.493 e. The molecular weight excluding hydrogens is 541 g/mol. The van der Waals surface area contributed by atoms with Crippen LogP contribution in [0.4, 0.5) is 31.9 Å². The second-order valence-electron chi connectivity index (χ2n) is 9.67. The van der Waals surface area contributed by atoms with E-state index < -0.39 is 29.6 Å². The van der Waals surface area contributed by atoms with Crippen LogP contribution in [-0.2, 0) is 9.59 Å². The molecule has 1 aliphatic rings. The molecule has 1 unspecified atom stereocenters. The molecule has 1 aromatic heterocycles. The molecule has 1 atom stereocenters. The van der Waals surface area contributed by atoms with E-state index >= 15 is 0 Å². The summed E-state index contributed by atoms with van der Waals surface area (Å²) < 4.78 is 24.3. The Bertz CT molecular complexity index is 1640. The first-order valence-corrected chi connectivity index (χ1v) is 13.3. The van der Waals surface area contributed by atoms with Gasteiger partial charge in [-0.1, -0.05) is 0 Å². The fourth-order valence-electron chi connectivity index (χ4n) is 4.94. The fraction of sp³-hybridized carbons (Fsp3) is 0.226. The summed E-state index contributed by atoms with van der Waals surface area (Å²) in [5, 5.41) is 3.67. The van der Waals surface area contributed by atoms with Crippen molar-refractivity contribution in [3.63, 3.8) is 0 Å². The topological polar surface area (TPSA) is 104 Å². The summed E-state index contributed by atoms with van der Waals surface area (Å²) in [5.74, 6) is -1.67. The lowest BCUT2D eigenvalue weighted by molar-refractivity contribution is -0.132. The number of rotatable bonds is 8. The maximum Gasteiger partial charge on any atom is 0.331 e. The highest BCUT2D eigenvalue weighted by Gasteiger charge is 2.43. The quantitative estimate of drug-likeness (QED) is 0.290. The third-order valence-corrected chi connectivity index (χ3v) is 7.27. The number of halogens is 1. The zero-order valence-electron chi connectivity index (χ0n) is 23.6. The van der Waals surface area contributed by atoms with E-state index in [1.54, 1.807) is 39.5 Å². The number of amides is 4. The number of carbonyl (C=O) groups excluding carboxylic acids is 3. The van der Waals surface area contributed by atoms with Crippen LogP contribution in [0.3, 0.4) is 0 Å². The van der Waals surface area contributed by atoms with Gasteiger partial charge in [-0.15, -0.1) is 0 Å². The minimum atomic E-state index is -1.13.